The van der Waals surface area contributed by atoms with Crippen molar-refractivity contribution in [1.82, 2.24) is 14.7 Å². The van der Waals surface area contributed by atoms with Gasteiger partial charge in [-0.15, -0.1) is 0 Å². The predicted molar refractivity (Wildman–Crippen MR) is 119 cm³/mol. The highest BCUT2D eigenvalue weighted by Gasteiger charge is 2.20. The second-order valence-corrected chi connectivity index (χ2v) is 7.77. The van der Waals surface area contributed by atoms with Crippen molar-refractivity contribution in [1.29, 1.82) is 0 Å². The minimum absolute atomic E-state index is 0.00110. The molecular formula is C23H17ClF2N4O3. The number of hydrogen-bond acceptors (Lipinski definition) is 5. The lowest BCUT2D eigenvalue weighted by Crippen LogP contribution is -2.31. The molecule has 10 heteroatoms. The van der Waals surface area contributed by atoms with Crippen LogP contribution in [0, 0.1) is 25.5 Å². The topological polar surface area (TPSA) is 90.0 Å². The lowest BCUT2D eigenvalue weighted by Gasteiger charge is -2.13. The molecule has 4 aromatic rings. The number of rotatable bonds is 5. The molecule has 0 unspecified atom stereocenters. The summed E-state index contributed by atoms with van der Waals surface area (Å²) in [5.74, 6) is -2.07. The molecule has 7 nitrogen and oxygen atoms in total. The molecule has 0 aliphatic carbocycles. The summed E-state index contributed by atoms with van der Waals surface area (Å²) in [6, 6.07) is 11.3. The summed E-state index contributed by atoms with van der Waals surface area (Å²) in [6.45, 7) is 2.98. The molecule has 33 heavy (non-hydrogen) atoms. The van der Waals surface area contributed by atoms with Crippen molar-refractivity contribution >= 4 is 23.2 Å². The largest absolute Gasteiger partial charge is 0.333 e. The van der Waals surface area contributed by atoms with Crippen LogP contribution in [0.25, 0.3) is 22.8 Å². The van der Waals surface area contributed by atoms with Crippen molar-refractivity contribution in [3.05, 3.63) is 86.8 Å². The number of nitrogens with one attached hydrogen (secondary N) is 1. The van der Waals surface area contributed by atoms with Gasteiger partial charge in [0, 0.05) is 22.3 Å². The highest BCUT2D eigenvalue weighted by molar-refractivity contribution is 6.30. The molecule has 0 aliphatic rings. The summed E-state index contributed by atoms with van der Waals surface area (Å²) in [5, 5.41) is 6.83. The highest BCUT2D eigenvalue weighted by Crippen LogP contribution is 2.24. The van der Waals surface area contributed by atoms with E-state index in [1.165, 1.54) is 4.57 Å². The second kappa shape index (κ2) is 8.95. The van der Waals surface area contributed by atoms with Gasteiger partial charge in [-0.25, -0.2) is 8.78 Å². The quantitative estimate of drug-likeness (QED) is 0.454. The molecule has 1 amide bonds. The van der Waals surface area contributed by atoms with E-state index < -0.39 is 29.6 Å². The number of halogens is 3. The van der Waals surface area contributed by atoms with Crippen molar-refractivity contribution in [3.8, 4) is 22.8 Å². The molecule has 0 atom stereocenters. The van der Waals surface area contributed by atoms with Gasteiger partial charge in [0.15, 0.2) is 0 Å². The van der Waals surface area contributed by atoms with Gasteiger partial charge >= 0.3 is 0 Å². The van der Waals surface area contributed by atoms with E-state index in [1.54, 1.807) is 44.2 Å². The molecule has 2 aromatic carbocycles. The third-order valence-electron chi connectivity index (χ3n) is 4.95. The summed E-state index contributed by atoms with van der Waals surface area (Å²) in [6.07, 6.45) is 0. The zero-order valence-electron chi connectivity index (χ0n) is 17.5. The van der Waals surface area contributed by atoms with Crippen LogP contribution in [0.3, 0.4) is 0 Å². The minimum atomic E-state index is -0.919. The van der Waals surface area contributed by atoms with Gasteiger partial charge in [-0.1, -0.05) is 16.8 Å². The maximum atomic E-state index is 13.9. The van der Waals surface area contributed by atoms with E-state index in [1.807, 2.05) is 0 Å². The third kappa shape index (κ3) is 4.68. The number of nitrogens with zero attached hydrogens (tertiary/aromatic N) is 3. The maximum Gasteiger partial charge on any atom is 0.264 e. The maximum absolute atomic E-state index is 13.9. The molecule has 0 bridgehead atoms. The normalized spacial score (nSPS) is 10.9. The molecule has 0 saturated carbocycles. The van der Waals surface area contributed by atoms with Crippen LogP contribution in [0.5, 0.6) is 0 Å². The third-order valence-corrected chi connectivity index (χ3v) is 5.21. The average Bonchev–Trinajstić information content (AvgIpc) is 3.23. The van der Waals surface area contributed by atoms with Gasteiger partial charge in [0.1, 0.15) is 23.7 Å². The Hall–Kier alpha value is -3.85. The van der Waals surface area contributed by atoms with E-state index in [4.69, 9.17) is 16.1 Å². The molecule has 0 saturated heterocycles. The number of carbonyl (C=O) groups excluding carboxylic acids is 1. The summed E-state index contributed by atoms with van der Waals surface area (Å²) < 4.78 is 33.5. The summed E-state index contributed by atoms with van der Waals surface area (Å²) in [7, 11) is 0. The minimum Gasteiger partial charge on any atom is -0.333 e. The Kier molecular flexibility index (Phi) is 6.06. The Labute approximate surface area is 191 Å². The van der Waals surface area contributed by atoms with Crippen LogP contribution in [0.1, 0.15) is 11.3 Å². The summed E-state index contributed by atoms with van der Waals surface area (Å²) in [5.41, 5.74) is 1.19. The van der Waals surface area contributed by atoms with E-state index in [0.29, 0.717) is 27.9 Å². The van der Waals surface area contributed by atoms with Crippen LogP contribution in [-0.4, -0.2) is 20.6 Å². The van der Waals surface area contributed by atoms with E-state index in [2.05, 4.69) is 15.5 Å². The highest BCUT2D eigenvalue weighted by atomic mass is 35.5. The van der Waals surface area contributed by atoms with Crippen molar-refractivity contribution in [3.63, 3.8) is 0 Å². The Balaban J connectivity index is 1.64. The fraction of sp³-hybridized carbons (Fsp3) is 0.130. The van der Waals surface area contributed by atoms with Crippen molar-refractivity contribution in [2.24, 2.45) is 0 Å². The van der Waals surface area contributed by atoms with Crippen LogP contribution in [0.15, 0.2) is 57.8 Å². The number of amides is 1. The number of pyridine rings is 1. The Bertz CT molecular complexity index is 1410. The van der Waals surface area contributed by atoms with Gasteiger partial charge in [-0.2, -0.15) is 4.98 Å². The smallest absolute Gasteiger partial charge is 0.264 e. The summed E-state index contributed by atoms with van der Waals surface area (Å²) in [4.78, 5) is 30.0. The molecule has 0 spiro atoms. The fourth-order valence-corrected chi connectivity index (χ4v) is 3.48. The zero-order chi connectivity index (χ0) is 23.7. The summed E-state index contributed by atoms with van der Waals surface area (Å²) >= 11 is 5.90. The van der Waals surface area contributed by atoms with Gasteiger partial charge in [0.25, 0.3) is 11.4 Å². The molecule has 0 aliphatic heterocycles. The van der Waals surface area contributed by atoms with Crippen LogP contribution in [0.4, 0.5) is 14.5 Å². The van der Waals surface area contributed by atoms with E-state index >= 15 is 0 Å². The molecule has 1 N–H and O–H groups in total. The van der Waals surface area contributed by atoms with Crippen molar-refractivity contribution in [2.75, 3.05) is 5.32 Å². The molecule has 0 radical (unpaired) electrons. The van der Waals surface area contributed by atoms with Crippen molar-refractivity contribution < 1.29 is 18.1 Å². The van der Waals surface area contributed by atoms with Crippen LogP contribution in [-0.2, 0) is 11.3 Å². The number of anilines is 1. The first-order chi connectivity index (χ1) is 15.7. The van der Waals surface area contributed by atoms with Crippen LogP contribution in [0.2, 0.25) is 5.02 Å². The molecular weight excluding hydrogens is 454 g/mol. The molecule has 2 heterocycles. The van der Waals surface area contributed by atoms with Gasteiger partial charge in [-0.05, 0) is 61.9 Å². The first-order valence-electron chi connectivity index (χ1n) is 9.79. The monoisotopic (exact) mass is 470 g/mol. The number of carbonyl (C=O) groups is 1. The SMILES string of the molecule is Cc1cc(C)n(CC(=O)Nc2ccc(F)cc2F)c(=O)c1-c1nc(-c2ccc(Cl)cc2)no1. The lowest BCUT2D eigenvalue weighted by molar-refractivity contribution is -0.116. The number of aromatic nitrogens is 3. The second-order valence-electron chi connectivity index (χ2n) is 7.34. The number of benzene rings is 2. The van der Waals surface area contributed by atoms with E-state index in [9.17, 15) is 18.4 Å². The average molecular weight is 471 g/mol. The molecule has 4 rings (SSSR count). The number of hydrogen-bond donors (Lipinski definition) is 1. The molecule has 168 valence electrons. The Morgan fingerprint density at radius 2 is 1.85 bits per heavy atom. The Morgan fingerprint density at radius 3 is 2.55 bits per heavy atom. The van der Waals surface area contributed by atoms with Gasteiger partial charge in [-0.3, -0.25) is 9.59 Å². The predicted octanol–water partition coefficient (Wildman–Crippen LogP) is 4.75. The first kappa shape index (κ1) is 22.3. The van der Waals surface area contributed by atoms with Gasteiger partial charge in [0.05, 0.1) is 5.69 Å². The Morgan fingerprint density at radius 1 is 1.12 bits per heavy atom. The van der Waals surface area contributed by atoms with Crippen LogP contribution < -0.4 is 10.9 Å². The molecule has 2 aromatic heterocycles. The van der Waals surface area contributed by atoms with Gasteiger partial charge < -0.3 is 14.4 Å². The fourth-order valence-electron chi connectivity index (χ4n) is 3.35. The van der Waals surface area contributed by atoms with E-state index in [-0.39, 0.29) is 23.0 Å². The standard InChI is InChI=1S/C23H17ClF2N4O3/c1-12-9-13(2)30(11-19(31)27-18-8-7-16(25)10-17(18)26)23(32)20(12)22-28-21(29-33-22)14-3-5-15(24)6-4-14/h3-10H,11H2,1-2H3,(H,27,31). The molecule has 0 fully saturated rings. The first-order valence-corrected chi connectivity index (χ1v) is 10.2. The van der Waals surface area contributed by atoms with Crippen LogP contribution >= 0.6 is 11.6 Å². The lowest BCUT2D eigenvalue weighted by atomic mass is 10.1. The van der Waals surface area contributed by atoms with Gasteiger partial charge in [0.2, 0.25) is 11.7 Å². The van der Waals surface area contributed by atoms with E-state index in [0.717, 1.165) is 12.1 Å². The van der Waals surface area contributed by atoms with Crippen molar-refractivity contribution in [2.45, 2.75) is 20.4 Å². The zero-order valence-corrected chi connectivity index (χ0v) is 18.3. The number of aryl methyl sites for hydroxylation is 2.